The Morgan fingerprint density at radius 1 is 1.31 bits per heavy atom. The van der Waals surface area contributed by atoms with Gasteiger partial charge in [-0.15, -0.1) is 0 Å². The van der Waals surface area contributed by atoms with Crippen molar-refractivity contribution in [1.29, 1.82) is 0 Å². The summed E-state index contributed by atoms with van der Waals surface area (Å²) < 4.78 is 5.29. The maximum atomic E-state index is 13.2. The van der Waals surface area contributed by atoms with Gasteiger partial charge in [0.05, 0.1) is 19.1 Å². The Labute approximate surface area is 153 Å². The highest BCUT2D eigenvalue weighted by molar-refractivity contribution is 5.96. The minimum absolute atomic E-state index is 0.0300. The van der Waals surface area contributed by atoms with E-state index in [0.29, 0.717) is 17.4 Å². The molecule has 0 unspecified atom stereocenters. The predicted molar refractivity (Wildman–Crippen MR) is 96.9 cm³/mol. The Morgan fingerprint density at radius 2 is 2.19 bits per heavy atom. The molecule has 0 saturated carbocycles. The number of H-pyrrole nitrogens is 1. The highest BCUT2D eigenvalue weighted by Gasteiger charge is 2.38. The fraction of sp³-hybridized carbons (Fsp3) is 0.526. The summed E-state index contributed by atoms with van der Waals surface area (Å²) in [5, 5.41) is 0. The van der Waals surface area contributed by atoms with Crippen molar-refractivity contribution in [2.45, 2.75) is 32.4 Å². The van der Waals surface area contributed by atoms with Crippen LogP contribution >= 0.6 is 0 Å². The average Bonchev–Trinajstić information content (AvgIpc) is 2.88. The van der Waals surface area contributed by atoms with Gasteiger partial charge < -0.3 is 14.6 Å². The fourth-order valence-corrected chi connectivity index (χ4v) is 4.19. The van der Waals surface area contributed by atoms with Gasteiger partial charge in [-0.2, -0.15) is 0 Å². The third-order valence-corrected chi connectivity index (χ3v) is 5.55. The van der Waals surface area contributed by atoms with Crippen LogP contribution < -0.4 is 4.74 Å². The molecule has 3 fully saturated rings. The second-order valence-electron chi connectivity index (χ2n) is 7.28. The van der Waals surface area contributed by atoms with Crippen molar-refractivity contribution in [3.8, 4) is 5.88 Å². The molecule has 7 nitrogen and oxygen atoms in total. The average molecular weight is 355 g/mol. The van der Waals surface area contributed by atoms with Gasteiger partial charge in [-0.05, 0) is 37.8 Å². The van der Waals surface area contributed by atoms with Gasteiger partial charge in [0.15, 0.2) is 0 Å². The number of rotatable bonds is 4. The molecule has 3 saturated heterocycles. The molecule has 2 bridgehead atoms. The molecule has 3 aliphatic heterocycles. The Hall–Kier alpha value is -2.41. The van der Waals surface area contributed by atoms with Crippen LogP contribution in [-0.2, 0) is 6.54 Å². The molecule has 138 valence electrons. The van der Waals surface area contributed by atoms with Gasteiger partial charge in [0.25, 0.3) is 5.91 Å². The van der Waals surface area contributed by atoms with Crippen LogP contribution in [0.3, 0.4) is 0 Å². The molecule has 2 aromatic rings. The summed E-state index contributed by atoms with van der Waals surface area (Å²) in [5.74, 6) is 0.934. The molecule has 2 atom stereocenters. The van der Waals surface area contributed by atoms with Gasteiger partial charge in [-0.25, -0.2) is 9.97 Å². The smallest absolute Gasteiger partial charge is 0.259 e. The van der Waals surface area contributed by atoms with Crippen molar-refractivity contribution in [3.05, 3.63) is 41.6 Å². The minimum atomic E-state index is 0.0300. The van der Waals surface area contributed by atoms with Gasteiger partial charge in [0.2, 0.25) is 5.88 Å². The first-order chi connectivity index (χ1) is 12.7. The first-order valence-corrected chi connectivity index (χ1v) is 9.17. The molecule has 0 radical (unpaired) electrons. The van der Waals surface area contributed by atoms with Crippen LogP contribution in [0.4, 0.5) is 0 Å². The molecular formula is C19H25N5O2. The summed E-state index contributed by atoms with van der Waals surface area (Å²) in [5.41, 5.74) is 2.77. The standard InChI is InChI=1S/C19H25N5O2/c1-13-17(22-12-21-13)11-23-8-14-5-6-15(10-23)24(9-14)19(25)16-4-3-7-20-18(16)26-2/h3-4,7,12,14-15H,5-6,8-11H2,1-2H3,(H,21,22)/t14-,15+/m1/s1. The van der Waals surface area contributed by atoms with Crippen LogP contribution in [0.25, 0.3) is 0 Å². The van der Waals surface area contributed by atoms with E-state index in [2.05, 4.69) is 26.8 Å². The lowest BCUT2D eigenvalue weighted by Crippen LogP contribution is -2.47. The number of piperidine rings is 1. The number of nitrogens with one attached hydrogen (secondary N) is 1. The van der Waals surface area contributed by atoms with Crippen molar-refractivity contribution >= 4 is 5.91 Å². The number of carbonyl (C=O) groups excluding carboxylic acids is 1. The third-order valence-electron chi connectivity index (χ3n) is 5.55. The normalized spacial score (nSPS) is 23.1. The minimum Gasteiger partial charge on any atom is -0.480 e. The number of nitrogens with zero attached hydrogens (tertiary/aromatic N) is 4. The second-order valence-corrected chi connectivity index (χ2v) is 7.28. The zero-order valence-electron chi connectivity index (χ0n) is 15.3. The third kappa shape index (κ3) is 3.19. The van der Waals surface area contributed by atoms with E-state index in [0.717, 1.165) is 44.0 Å². The van der Waals surface area contributed by atoms with Crippen LogP contribution in [0, 0.1) is 12.8 Å². The lowest BCUT2D eigenvalue weighted by molar-refractivity contribution is 0.0580. The van der Waals surface area contributed by atoms with Crippen LogP contribution in [0.15, 0.2) is 24.7 Å². The molecule has 1 amide bonds. The number of ether oxygens (including phenoxy) is 1. The molecule has 2 aromatic heterocycles. The highest BCUT2D eigenvalue weighted by atomic mass is 16.5. The number of aromatic amines is 1. The molecule has 26 heavy (non-hydrogen) atoms. The van der Waals surface area contributed by atoms with Gasteiger partial charge in [-0.3, -0.25) is 9.69 Å². The number of hydrogen-bond donors (Lipinski definition) is 1. The van der Waals surface area contributed by atoms with Gasteiger partial charge in [-0.1, -0.05) is 0 Å². The van der Waals surface area contributed by atoms with E-state index < -0.39 is 0 Å². The van der Waals surface area contributed by atoms with Crippen molar-refractivity contribution in [1.82, 2.24) is 24.8 Å². The van der Waals surface area contributed by atoms with Crippen LogP contribution in [0.2, 0.25) is 0 Å². The number of amides is 1. The molecule has 0 spiro atoms. The van der Waals surface area contributed by atoms with Crippen molar-refractivity contribution < 1.29 is 9.53 Å². The maximum absolute atomic E-state index is 13.2. The number of hydrogen-bond acceptors (Lipinski definition) is 5. The molecule has 0 aliphatic carbocycles. The van der Waals surface area contributed by atoms with E-state index in [4.69, 9.17) is 4.74 Å². The summed E-state index contributed by atoms with van der Waals surface area (Å²) in [4.78, 5) is 29.4. The van der Waals surface area contributed by atoms with Crippen LogP contribution in [-0.4, -0.2) is 63.4 Å². The van der Waals surface area contributed by atoms with Gasteiger partial charge in [0.1, 0.15) is 5.56 Å². The molecule has 1 N–H and O–H groups in total. The number of methoxy groups -OCH3 is 1. The van der Waals surface area contributed by atoms with Crippen molar-refractivity contribution in [2.24, 2.45) is 5.92 Å². The van der Waals surface area contributed by atoms with E-state index in [9.17, 15) is 4.79 Å². The number of pyridine rings is 1. The molecule has 5 rings (SSSR count). The number of carbonyl (C=O) groups is 1. The summed E-state index contributed by atoms with van der Waals surface area (Å²) in [6.45, 7) is 5.59. The van der Waals surface area contributed by atoms with Crippen molar-refractivity contribution in [3.63, 3.8) is 0 Å². The number of imidazole rings is 1. The molecule has 7 heteroatoms. The Bertz CT molecular complexity index is 790. The summed E-state index contributed by atoms with van der Waals surface area (Å²) in [6.07, 6.45) is 5.63. The van der Waals surface area contributed by atoms with Crippen LogP contribution in [0.5, 0.6) is 5.88 Å². The van der Waals surface area contributed by atoms with Gasteiger partial charge >= 0.3 is 0 Å². The number of aryl methyl sites for hydroxylation is 1. The Balaban J connectivity index is 1.53. The second kappa shape index (κ2) is 7.07. The van der Waals surface area contributed by atoms with E-state index in [1.54, 1.807) is 31.8 Å². The lowest BCUT2D eigenvalue weighted by atomic mass is 9.94. The SMILES string of the molecule is COc1ncccc1C(=O)N1C[C@@H]2CC[C@H]1CN(Cc1nc[nH]c1C)C2. The first-order valence-electron chi connectivity index (χ1n) is 9.17. The van der Waals surface area contributed by atoms with Crippen LogP contribution in [0.1, 0.15) is 34.6 Å². The zero-order chi connectivity index (χ0) is 18.1. The number of aromatic nitrogens is 3. The van der Waals surface area contributed by atoms with E-state index in [-0.39, 0.29) is 11.9 Å². The largest absolute Gasteiger partial charge is 0.480 e. The lowest BCUT2D eigenvalue weighted by Gasteiger charge is -2.36. The molecule has 3 aliphatic rings. The Morgan fingerprint density at radius 3 is 2.96 bits per heavy atom. The predicted octanol–water partition coefficient (Wildman–Crippen LogP) is 1.86. The Kier molecular flexibility index (Phi) is 4.63. The highest BCUT2D eigenvalue weighted by Crippen LogP contribution is 2.31. The fourth-order valence-electron chi connectivity index (χ4n) is 4.19. The van der Waals surface area contributed by atoms with E-state index in [1.165, 1.54) is 6.42 Å². The monoisotopic (exact) mass is 355 g/mol. The first kappa shape index (κ1) is 17.0. The quantitative estimate of drug-likeness (QED) is 0.906. The molecular weight excluding hydrogens is 330 g/mol. The summed E-state index contributed by atoms with van der Waals surface area (Å²) in [6, 6.07) is 3.82. The zero-order valence-corrected chi connectivity index (χ0v) is 15.3. The topological polar surface area (TPSA) is 74.3 Å². The maximum Gasteiger partial charge on any atom is 0.259 e. The van der Waals surface area contributed by atoms with E-state index >= 15 is 0 Å². The number of fused-ring (bicyclic) bond motifs is 4. The van der Waals surface area contributed by atoms with Gasteiger partial charge in [0, 0.05) is 44.1 Å². The summed E-state index contributed by atoms with van der Waals surface area (Å²) >= 11 is 0. The van der Waals surface area contributed by atoms with Crippen molar-refractivity contribution in [2.75, 3.05) is 26.7 Å². The van der Waals surface area contributed by atoms with E-state index in [1.807, 2.05) is 4.90 Å². The molecule has 5 heterocycles. The summed E-state index contributed by atoms with van der Waals surface area (Å²) in [7, 11) is 1.56. The molecule has 0 aromatic carbocycles.